The van der Waals surface area contributed by atoms with Gasteiger partial charge in [0.2, 0.25) is 0 Å². The molecule has 1 aliphatic carbocycles. The van der Waals surface area contributed by atoms with E-state index in [1.807, 2.05) is 25.4 Å². The van der Waals surface area contributed by atoms with Crippen LogP contribution in [0.15, 0.2) is 23.3 Å². The van der Waals surface area contributed by atoms with Crippen LogP contribution >= 0.6 is 0 Å². The Morgan fingerprint density at radius 3 is 3.06 bits per heavy atom. The van der Waals surface area contributed by atoms with Gasteiger partial charge in [0.15, 0.2) is 0 Å². The smallest absolute Gasteiger partial charge is 0.276 e. The second kappa shape index (κ2) is 4.57. The lowest BCUT2D eigenvalue weighted by atomic mass is 10.4. The summed E-state index contributed by atoms with van der Waals surface area (Å²) >= 11 is 0. The number of aromatic nitrogens is 3. The number of aryl methyl sites for hydroxylation is 2. The van der Waals surface area contributed by atoms with Crippen molar-refractivity contribution in [1.29, 1.82) is 0 Å². The first-order chi connectivity index (χ1) is 8.74. The highest BCUT2D eigenvalue weighted by Crippen LogP contribution is 2.18. The fraction of sp³-hybridized carbons (Fsp3) is 0.538. The molecule has 18 heavy (non-hydrogen) atoms. The first-order valence-corrected chi connectivity index (χ1v) is 6.53. The van der Waals surface area contributed by atoms with Gasteiger partial charge in [-0.3, -0.25) is 4.79 Å². The lowest BCUT2D eigenvalue weighted by molar-refractivity contribution is 0.567. The summed E-state index contributed by atoms with van der Waals surface area (Å²) in [5, 5.41) is 7.69. The van der Waals surface area contributed by atoms with Crippen molar-refractivity contribution in [2.45, 2.75) is 38.8 Å². The molecular weight excluding hydrogens is 228 g/mol. The molecule has 0 atom stereocenters. The van der Waals surface area contributed by atoms with Crippen molar-refractivity contribution in [3.63, 3.8) is 0 Å². The minimum absolute atomic E-state index is 0.0459. The summed E-state index contributed by atoms with van der Waals surface area (Å²) in [6.07, 6.45) is 7.26. The van der Waals surface area contributed by atoms with Crippen molar-refractivity contribution < 1.29 is 0 Å². The summed E-state index contributed by atoms with van der Waals surface area (Å²) < 4.78 is 3.42. The maximum Gasteiger partial charge on any atom is 0.276 e. The number of nitrogens with zero attached hydrogens (tertiary/aromatic N) is 3. The molecule has 0 amide bonds. The normalized spacial score (nSPS) is 15.4. The van der Waals surface area contributed by atoms with Crippen LogP contribution in [0.4, 0.5) is 0 Å². The average Bonchev–Trinajstić information content (AvgIpc) is 3.08. The predicted molar refractivity (Wildman–Crippen MR) is 69.8 cm³/mol. The zero-order valence-corrected chi connectivity index (χ0v) is 10.6. The number of fused-ring (bicyclic) bond motifs is 1. The van der Waals surface area contributed by atoms with E-state index >= 15 is 0 Å². The molecule has 1 N–H and O–H groups in total. The average molecular weight is 246 g/mol. The van der Waals surface area contributed by atoms with Gasteiger partial charge in [-0.05, 0) is 38.8 Å². The van der Waals surface area contributed by atoms with Gasteiger partial charge >= 0.3 is 0 Å². The molecule has 5 heteroatoms. The number of nitrogens with one attached hydrogen (secondary N) is 1. The van der Waals surface area contributed by atoms with Crippen LogP contribution in [0, 0.1) is 6.92 Å². The quantitative estimate of drug-likeness (QED) is 0.799. The minimum Gasteiger partial charge on any atom is -0.314 e. The van der Waals surface area contributed by atoms with Gasteiger partial charge in [-0.25, -0.2) is 4.52 Å². The molecule has 2 aromatic heterocycles. The first kappa shape index (κ1) is 11.5. The molecule has 0 unspecified atom stereocenters. The van der Waals surface area contributed by atoms with Crippen LogP contribution in [0.3, 0.4) is 0 Å². The fourth-order valence-electron chi connectivity index (χ4n) is 2.17. The zero-order valence-electron chi connectivity index (χ0n) is 10.6. The summed E-state index contributed by atoms with van der Waals surface area (Å²) in [6.45, 7) is 3.65. The Morgan fingerprint density at radius 1 is 1.44 bits per heavy atom. The van der Waals surface area contributed by atoms with Crippen LogP contribution < -0.4 is 10.9 Å². The molecule has 96 valence electrons. The highest BCUT2D eigenvalue weighted by atomic mass is 16.1. The van der Waals surface area contributed by atoms with Crippen molar-refractivity contribution in [3.05, 3.63) is 34.5 Å². The number of hydrogen-bond acceptors (Lipinski definition) is 3. The van der Waals surface area contributed by atoms with Gasteiger partial charge in [0.05, 0.1) is 5.69 Å². The molecule has 1 fully saturated rings. The molecule has 0 spiro atoms. The van der Waals surface area contributed by atoms with Gasteiger partial charge in [0, 0.05) is 25.0 Å². The molecular formula is C13H18N4O. The van der Waals surface area contributed by atoms with Gasteiger partial charge in [-0.15, -0.1) is 0 Å². The van der Waals surface area contributed by atoms with E-state index in [1.165, 1.54) is 12.8 Å². The van der Waals surface area contributed by atoms with E-state index in [1.54, 1.807) is 9.08 Å². The van der Waals surface area contributed by atoms with Gasteiger partial charge in [0.1, 0.15) is 5.52 Å². The van der Waals surface area contributed by atoms with Gasteiger partial charge in [0.25, 0.3) is 5.56 Å². The molecule has 0 saturated heterocycles. The number of hydrogen-bond donors (Lipinski definition) is 1. The van der Waals surface area contributed by atoms with Crippen molar-refractivity contribution in [3.8, 4) is 0 Å². The standard InChI is InChI=1S/C13H18N4O/c1-10-9-12-13(18)16(7-8-17(12)15-10)6-2-5-14-11-3-4-11/h7-9,11,14H,2-6H2,1H3. The molecule has 0 bridgehead atoms. The van der Waals surface area contributed by atoms with Gasteiger partial charge in [-0.1, -0.05) is 0 Å². The van der Waals surface area contributed by atoms with E-state index in [0.29, 0.717) is 5.52 Å². The van der Waals surface area contributed by atoms with Crippen LogP contribution in [0.2, 0.25) is 0 Å². The zero-order chi connectivity index (χ0) is 12.5. The number of rotatable bonds is 5. The van der Waals surface area contributed by atoms with Gasteiger partial charge in [-0.2, -0.15) is 5.10 Å². The lowest BCUT2D eigenvalue weighted by Gasteiger charge is -2.06. The summed E-state index contributed by atoms with van der Waals surface area (Å²) in [5.41, 5.74) is 1.58. The third-order valence-corrected chi connectivity index (χ3v) is 3.31. The van der Waals surface area contributed by atoms with Crippen LogP contribution in [-0.4, -0.2) is 26.8 Å². The third-order valence-electron chi connectivity index (χ3n) is 3.31. The first-order valence-electron chi connectivity index (χ1n) is 6.53. The predicted octanol–water partition coefficient (Wildman–Crippen LogP) is 0.947. The maximum absolute atomic E-state index is 12.2. The Bertz CT molecular complexity index is 609. The summed E-state index contributed by atoms with van der Waals surface area (Å²) in [6, 6.07) is 2.57. The Kier molecular flexibility index (Phi) is 2.91. The summed E-state index contributed by atoms with van der Waals surface area (Å²) in [5.74, 6) is 0. The van der Waals surface area contributed by atoms with Crippen LogP contribution in [0.25, 0.3) is 5.52 Å². The molecule has 1 aliphatic rings. The van der Waals surface area contributed by atoms with Crippen LogP contribution in [0.1, 0.15) is 25.0 Å². The molecule has 0 radical (unpaired) electrons. The largest absolute Gasteiger partial charge is 0.314 e. The second-order valence-corrected chi connectivity index (χ2v) is 4.99. The molecule has 2 heterocycles. The Labute approximate surface area is 105 Å². The van der Waals surface area contributed by atoms with E-state index in [9.17, 15) is 4.79 Å². The van der Waals surface area contributed by atoms with Crippen LogP contribution in [-0.2, 0) is 6.54 Å². The Hall–Kier alpha value is -1.62. The molecule has 1 saturated carbocycles. The monoisotopic (exact) mass is 246 g/mol. The SMILES string of the molecule is Cc1cc2c(=O)n(CCCNC3CC3)ccn2n1. The third kappa shape index (κ3) is 2.31. The Morgan fingerprint density at radius 2 is 2.28 bits per heavy atom. The Balaban J connectivity index is 1.70. The topological polar surface area (TPSA) is 51.3 Å². The van der Waals surface area contributed by atoms with E-state index in [0.717, 1.165) is 31.2 Å². The van der Waals surface area contributed by atoms with E-state index < -0.39 is 0 Å². The van der Waals surface area contributed by atoms with Crippen LogP contribution in [0.5, 0.6) is 0 Å². The summed E-state index contributed by atoms with van der Waals surface area (Å²) in [4.78, 5) is 12.2. The molecule has 2 aromatic rings. The molecule has 5 nitrogen and oxygen atoms in total. The summed E-state index contributed by atoms with van der Waals surface area (Å²) in [7, 11) is 0. The van der Waals surface area contributed by atoms with E-state index in [2.05, 4.69) is 10.4 Å². The van der Waals surface area contributed by atoms with Crippen molar-refractivity contribution in [2.75, 3.05) is 6.54 Å². The van der Waals surface area contributed by atoms with E-state index in [-0.39, 0.29) is 5.56 Å². The fourth-order valence-corrected chi connectivity index (χ4v) is 2.17. The van der Waals surface area contributed by atoms with Crippen molar-refractivity contribution in [2.24, 2.45) is 0 Å². The van der Waals surface area contributed by atoms with Gasteiger partial charge < -0.3 is 9.88 Å². The maximum atomic E-state index is 12.2. The second-order valence-electron chi connectivity index (χ2n) is 4.99. The molecule has 0 aliphatic heterocycles. The highest BCUT2D eigenvalue weighted by molar-refractivity contribution is 5.44. The molecule has 3 rings (SSSR count). The molecule has 0 aromatic carbocycles. The van der Waals surface area contributed by atoms with Crippen molar-refractivity contribution in [1.82, 2.24) is 19.5 Å². The van der Waals surface area contributed by atoms with Crippen molar-refractivity contribution >= 4 is 5.52 Å². The van der Waals surface area contributed by atoms with E-state index in [4.69, 9.17) is 0 Å². The lowest BCUT2D eigenvalue weighted by Crippen LogP contribution is -2.24. The minimum atomic E-state index is 0.0459. The highest BCUT2D eigenvalue weighted by Gasteiger charge is 2.19.